The van der Waals surface area contributed by atoms with Gasteiger partial charge in [0, 0.05) is 108 Å². The molecule has 0 amide bonds. The van der Waals surface area contributed by atoms with E-state index in [1.807, 2.05) is 6.20 Å². The zero-order valence-corrected chi connectivity index (χ0v) is 47.3. The molecule has 1 aliphatic heterocycles. The second-order valence-electron chi connectivity index (χ2n) is 23.6. The molecule has 382 valence electrons. The number of nitrogens with zero attached hydrogens (tertiary/aromatic N) is 6. The molecule has 0 radical (unpaired) electrons. The molecule has 76 heavy (non-hydrogen) atoms. The first-order valence-corrected chi connectivity index (χ1v) is 26.2. The van der Waals surface area contributed by atoms with Crippen LogP contribution in [0, 0.1) is 18.8 Å². The Morgan fingerprint density at radius 1 is 0.487 bits per heavy atom. The minimum Gasteiger partial charge on any atom is -0.509 e. The maximum Gasteiger partial charge on any atom is 0.135 e. The number of ether oxygens (including phenoxy) is 1. The van der Waals surface area contributed by atoms with Gasteiger partial charge in [0.1, 0.15) is 5.82 Å². The molecule has 0 bridgehead atoms. The SMILES string of the molecule is Cn1c2ccccc2c2cc3c4ccccc4n(C)c3c(N3[CH-]N(c4[c-]c(Oc5[c-]c6c(cc5)c5cc(C(C)(C)C)ccc5n6-c5cc(C(C)(C)C)c(-c6ccccc6)cn5)cc(C(C)(C)C)c4)c4ccccc43)c21.[Pt]. The summed E-state index contributed by atoms with van der Waals surface area (Å²) >= 11 is 0. The molecule has 7 nitrogen and oxygen atoms in total. The van der Waals surface area contributed by atoms with Crippen molar-refractivity contribution < 1.29 is 25.8 Å². The normalized spacial score (nSPS) is 13.2. The topological polar surface area (TPSA) is 43.4 Å². The molecule has 0 saturated carbocycles. The van der Waals surface area contributed by atoms with Crippen molar-refractivity contribution in [3.8, 4) is 28.4 Å². The Balaban J connectivity index is 0.00000582. The maximum atomic E-state index is 7.05. The molecule has 8 aromatic carbocycles. The van der Waals surface area contributed by atoms with Gasteiger partial charge in [0.2, 0.25) is 0 Å². The van der Waals surface area contributed by atoms with E-state index in [1.54, 1.807) is 0 Å². The molecule has 0 saturated heterocycles. The number of aryl methyl sites for hydroxylation is 2. The van der Waals surface area contributed by atoms with E-state index in [2.05, 4.69) is 276 Å². The van der Waals surface area contributed by atoms with E-state index in [4.69, 9.17) is 9.72 Å². The van der Waals surface area contributed by atoms with Gasteiger partial charge >= 0.3 is 0 Å². The van der Waals surface area contributed by atoms with Crippen LogP contribution in [0.15, 0.2) is 164 Å². The predicted octanol–water partition coefficient (Wildman–Crippen LogP) is 17.8. The molecule has 13 rings (SSSR count). The standard InChI is InChI=1S/C68H61N6O.Pt/c1-66(2,3)43-29-32-58-51(35-43)50-31-30-46(37-61(50)74(58)62-39-55(68(7,8)9)54(40-69-62)42-21-13-12-14-22-42)75-47-34-44(67(4,5)6)33-45(36-47)72-41-73(60-28-20-19-27-59(60)72)65-63-52(48-23-15-17-25-56(48)70(63)10)38-53-49-24-16-18-26-57(49)71(11)64(53)65;/h12-35,38-41H,1-11H3;/q-3;. The van der Waals surface area contributed by atoms with Gasteiger partial charge in [-0.15, -0.1) is 53.6 Å². The summed E-state index contributed by atoms with van der Waals surface area (Å²) in [5.41, 5.74) is 16.4. The molecule has 0 unspecified atom stereocenters. The summed E-state index contributed by atoms with van der Waals surface area (Å²) in [6, 6.07) is 64.6. The largest absolute Gasteiger partial charge is 0.509 e. The average Bonchev–Trinajstić information content (AvgIpc) is 4.18. The molecule has 1 aliphatic rings. The van der Waals surface area contributed by atoms with E-state index < -0.39 is 0 Å². The Bertz CT molecular complexity index is 4190. The van der Waals surface area contributed by atoms with Gasteiger partial charge in [-0.25, -0.2) is 4.98 Å². The quantitative estimate of drug-likeness (QED) is 0.156. The zero-order valence-electron chi connectivity index (χ0n) is 45.1. The third-order valence-electron chi connectivity index (χ3n) is 15.6. The smallest absolute Gasteiger partial charge is 0.135 e. The Labute approximate surface area is 460 Å². The summed E-state index contributed by atoms with van der Waals surface area (Å²) < 4.78 is 14.0. The van der Waals surface area contributed by atoms with Crippen LogP contribution in [0.2, 0.25) is 0 Å². The third-order valence-corrected chi connectivity index (χ3v) is 15.6. The Hall–Kier alpha value is -7.60. The second-order valence-corrected chi connectivity index (χ2v) is 23.6. The van der Waals surface area contributed by atoms with Gasteiger partial charge < -0.3 is 28.2 Å². The van der Waals surface area contributed by atoms with Gasteiger partial charge in [0.15, 0.2) is 0 Å². The van der Waals surface area contributed by atoms with Crippen LogP contribution in [0.1, 0.15) is 79.0 Å². The van der Waals surface area contributed by atoms with E-state index in [0.717, 1.165) is 67.1 Å². The van der Waals surface area contributed by atoms with Gasteiger partial charge in [-0.3, -0.25) is 0 Å². The van der Waals surface area contributed by atoms with E-state index in [0.29, 0.717) is 11.5 Å². The van der Waals surface area contributed by atoms with Crippen molar-refractivity contribution in [1.29, 1.82) is 0 Å². The molecule has 8 heteroatoms. The number of benzene rings is 8. The van der Waals surface area contributed by atoms with Crippen LogP contribution in [-0.4, -0.2) is 18.7 Å². The summed E-state index contributed by atoms with van der Waals surface area (Å²) in [7, 11) is 4.40. The molecular formula is C68H61N6OPt-3. The minimum absolute atomic E-state index is 0. The number of anilines is 4. The van der Waals surface area contributed by atoms with Crippen LogP contribution in [0.4, 0.5) is 22.7 Å². The van der Waals surface area contributed by atoms with Gasteiger partial charge in [-0.2, -0.15) is 6.07 Å². The molecule has 12 aromatic rings. The molecule has 0 N–H and O–H groups in total. The fraction of sp³-hybridized carbons (Fsp3) is 0.206. The summed E-state index contributed by atoms with van der Waals surface area (Å²) in [6.07, 6.45) is 2.04. The van der Waals surface area contributed by atoms with E-state index in [9.17, 15) is 0 Å². The number of pyridine rings is 1. The third kappa shape index (κ3) is 7.83. The number of para-hydroxylation sites is 4. The Morgan fingerprint density at radius 2 is 1.09 bits per heavy atom. The van der Waals surface area contributed by atoms with Crippen molar-refractivity contribution >= 4 is 88.2 Å². The first-order valence-electron chi connectivity index (χ1n) is 26.2. The molecular weight excluding hydrogens is 1110 g/mol. The maximum absolute atomic E-state index is 7.05. The molecule has 4 aromatic heterocycles. The number of rotatable bonds is 6. The van der Waals surface area contributed by atoms with Crippen LogP contribution in [0.5, 0.6) is 11.5 Å². The number of hydrogen-bond acceptors (Lipinski definition) is 4. The molecule has 0 fully saturated rings. The summed E-state index contributed by atoms with van der Waals surface area (Å²) in [6.45, 7) is 22.7. The van der Waals surface area contributed by atoms with Crippen LogP contribution >= 0.6 is 0 Å². The van der Waals surface area contributed by atoms with Crippen molar-refractivity contribution in [3.05, 3.63) is 199 Å². The Kier molecular flexibility index (Phi) is 11.5. The number of aromatic nitrogens is 4. The first-order chi connectivity index (χ1) is 35.9. The summed E-state index contributed by atoms with van der Waals surface area (Å²) in [5, 5.41) is 7.17. The van der Waals surface area contributed by atoms with Crippen molar-refractivity contribution in [2.45, 2.75) is 78.6 Å². The van der Waals surface area contributed by atoms with E-state index in [-0.39, 0.29) is 37.3 Å². The predicted molar refractivity (Wildman–Crippen MR) is 314 cm³/mol. The van der Waals surface area contributed by atoms with Crippen molar-refractivity contribution in [3.63, 3.8) is 0 Å². The van der Waals surface area contributed by atoms with Gasteiger partial charge in [0.05, 0.1) is 16.7 Å². The van der Waals surface area contributed by atoms with Crippen molar-refractivity contribution in [2.24, 2.45) is 14.1 Å². The van der Waals surface area contributed by atoms with Crippen LogP contribution in [0.25, 0.3) is 82.4 Å². The van der Waals surface area contributed by atoms with Gasteiger partial charge in [-0.05, 0) is 80.8 Å². The Morgan fingerprint density at radius 3 is 1.72 bits per heavy atom. The van der Waals surface area contributed by atoms with Crippen molar-refractivity contribution in [2.75, 3.05) is 9.80 Å². The fourth-order valence-corrected chi connectivity index (χ4v) is 11.7. The van der Waals surface area contributed by atoms with Gasteiger partial charge in [-0.1, -0.05) is 159 Å². The van der Waals surface area contributed by atoms with Crippen LogP contribution in [0.3, 0.4) is 0 Å². The molecule has 0 atom stereocenters. The monoisotopic (exact) mass is 1170 g/mol. The molecule has 0 aliphatic carbocycles. The van der Waals surface area contributed by atoms with Gasteiger partial charge in [0.25, 0.3) is 0 Å². The molecule has 5 heterocycles. The number of hydrogen-bond donors (Lipinski definition) is 0. The summed E-state index contributed by atoms with van der Waals surface area (Å²) in [4.78, 5) is 9.92. The average molecular weight is 1170 g/mol. The minimum atomic E-state index is -0.210. The zero-order chi connectivity index (χ0) is 51.9. The molecule has 0 spiro atoms. The fourth-order valence-electron chi connectivity index (χ4n) is 11.7. The number of fused-ring (bicyclic) bond motifs is 10. The van der Waals surface area contributed by atoms with E-state index >= 15 is 0 Å². The second kappa shape index (κ2) is 17.7. The van der Waals surface area contributed by atoms with Crippen LogP contribution < -0.4 is 14.5 Å². The van der Waals surface area contributed by atoms with Crippen LogP contribution in [-0.2, 0) is 51.4 Å². The summed E-state index contributed by atoms with van der Waals surface area (Å²) in [5.74, 6) is 2.05. The van der Waals surface area contributed by atoms with Crippen molar-refractivity contribution in [1.82, 2.24) is 18.7 Å². The first kappa shape index (κ1) is 49.3. The van der Waals surface area contributed by atoms with E-state index in [1.165, 1.54) is 54.7 Å².